The third kappa shape index (κ3) is 4.65. The van der Waals surface area contributed by atoms with Gasteiger partial charge in [0, 0.05) is 10.7 Å². The number of nitrogens with two attached hydrogens (primary N) is 1. The summed E-state index contributed by atoms with van der Waals surface area (Å²) >= 11 is 7.28. The maximum Gasteiger partial charge on any atom is 0.234 e. The summed E-state index contributed by atoms with van der Waals surface area (Å²) in [5, 5.41) is 4.12. The molecule has 0 spiro atoms. The number of nitrogen functional groups attached to an aromatic ring is 1. The number of hydrogen-bond acceptors (Lipinski definition) is 4. The van der Waals surface area contributed by atoms with Crippen molar-refractivity contribution >= 4 is 40.6 Å². The average Bonchev–Trinajstić information content (AvgIpc) is 2.40. The van der Waals surface area contributed by atoms with Gasteiger partial charge in [-0.2, -0.15) is 0 Å². The molecule has 0 aliphatic rings. The molecule has 3 N–H and O–H groups in total. The Morgan fingerprint density at radius 2 is 2.10 bits per heavy atom. The fourth-order valence-corrected chi connectivity index (χ4v) is 2.84. The van der Waals surface area contributed by atoms with E-state index in [9.17, 15) is 4.79 Å². The predicted octanol–water partition coefficient (Wildman–Crippen LogP) is 3.66. The van der Waals surface area contributed by atoms with Gasteiger partial charge in [-0.05, 0) is 49.7 Å². The van der Waals surface area contributed by atoms with Crippen molar-refractivity contribution in [3.05, 3.63) is 46.6 Å². The summed E-state index contributed by atoms with van der Waals surface area (Å²) < 4.78 is 0. The molecule has 2 rings (SSSR count). The van der Waals surface area contributed by atoms with E-state index in [2.05, 4.69) is 10.3 Å². The smallest absolute Gasteiger partial charge is 0.234 e. The van der Waals surface area contributed by atoms with Crippen LogP contribution >= 0.6 is 23.4 Å². The summed E-state index contributed by atoms with van der Waals surface area (Å²) in [6.07, 6.45) is 0. The molecule has 6 heteroatoms. The zero-order chi connectivity index (χ0) is 15.4. The number of nitrogens with zero attached hydrogens (tertiary/aromatic N) is 1. The molecule has 21 heavy (non-hydrogen) atoms. The molecule has 1 amide bonds. The lowest BCUT2D eigenvalue weighted by atomic mass is 10.2. The molecular weight excluding hydrogens is 306 g/mol. The minimum absolute atomic E-state index is 0.144. The number of hydrogen-bond donors (Lipinski definition) is 2. The number of carbonyl (C=O) groups is 1. The van der Waals surface area contributed by atoms with Crippen LogP contribution in [-0.4, -0.2) is 16.6 Å². The van der Waals surface area contributed by atoms with Gasteiger partial charge in [-0.3, -0.25) is 4.79 Å². The highest BCUT2D eigenvalue weighted by atomic mass is 35.5. The van der Waals surface area contributed by atoms with E-state index in [-0.39, 0.29) is 11.7 Å². The van der Waals surface area contributed by atoms with E-state index in [1.165, 1.54) is 11.8 Å². The van der Waals surface area contributed by atoms with Gasteiger partial charge in [-0.1, -0.05) is 23.4 Å². The topological polar surface area (TPSA) is 68.0 Å². The number of carbonyl (C=O) groups excluding carboxylic acids is 1. The van der Waals surface area contributed by atoms with Crippen molar-refractivity contribution in [1.29, 1.82) is 0 Å². The van der Waals surface area contributed by atoms with Crippen molar-refractivity contribution in [2.24, 2.45) is 0 Å². The van der Waals surface area contributed by atoms with Gasteiger partial charge in [0.2, 0.25) is 5.91 Å². The first-order valence-corrected chi connectivity index (χ1v) is 7.73. The van der Waals surface area contributed by atoms with Crippen LogP contribution in [-0.2, 0) is 4.79 Å². The Morgan fingerprint density at radius 1 is 1.33 bits per heavy atom. The molecule has 2 aromatic rings. The summed E-state index contributed by atoms with van der Waals surface area (Å²) in [6, 6.07) is 8.93. The zero-order valence-electron chi connectivity index (χ0n) is 11.8. The molecule has 0 radical (unpaired) electrons. The SMILES string of the molecule is Cc1cc(C)nc(SCC(=O)Nc2cc(Cl)ccc2N)c1. The first kappa shape index (κ1) is 15.7. The maximum absolute atomic E-state index is 12.0. The van der Waals surface area contributed by atoms with E-state index in [0.717, 1.165) is 16.3 Å². The van der Waals surface area contributed by atoms with Crippen LogP contribution in [0, 0.1) is 13.8 Å². The molecule has 0 saturated heterocycles. The van der Waals surface area contributed by atoms with E-state index >= 15 is 0 Å². The summed E-state index contributed by atoms with van der Waals surface area (Å²) in [7, 11) is 0. The number of benzene rings is 1. The second-order valence-electron chi connectivity index (χ2n) is 4.69. The largest absolute Gasteiger partial charge is 0.397 e. The van der Waals surface area contributed by atoms with E-state index in [0.29, 0.717) is 16.4 Å². The van der Waals surface area contributed by atoms with E-state index in [1.807, 2.05) is 26.0 Å². The van der Waals surface area contributed by atoms with Crippen molar-refractivity contribution in [3.63, 3.8) is 0 Å². The number of halogens is 1. The summed E-state index contributed by atoms with van der Waals surface area (Å²) in [5.74, 6) is 0.122. The Kier molecular flexibility index (Phi) is 5.09. The number of aromatic nitrogens is 1. The van der Waals surface area contributed by atoms with Crippen molar-refractivity contribution < 1.29 is 4.79 Å². The van der Waals surface area contributed by atoms with E-state index in [1.54, 1.807) is 18.2 Å². The number of anilines is 2. The van der Waals surface area contributed by atoms with Crippen molar-refractivity contribution in [3.8, 4) is 0 Å². The minimum Gasteiger partial charge on any atom is -0.397 e. The van der Waals surface area contributed by atoms with E-state index < -0.39 is 0 Å². The molecule has 0 unspecified atom stereocenters. The Morgan fingerprint density at radius 3 is 2.81 bits per heavy atom. The van der Waals surface area contributed by atoms with Crippen LogP contribution in [0.3, 0.4) is 0 Å². The fourth-order valence-electron chi connectivity index (χ4n) is 1.84. The van der Waals surface area contributed by atoms with Crippen molar-refractivity contribution in [2.75, 3.05) is 16.8 Å². The quantitative estimate of drug-likeness (QED) is 0.666. The summed E-state index contributed by atoms with van der Waals surface area (Å²) in [4.78, 5) is 16.3. The second-order valence-corrected chi connectivity index (χ2v) is 6.12. The lowest BCUT2D eigenvalue weighted by Gasteiger charge is -2.08. The van der Waals surface area contributed by atoms with Gasteiger partial charge in [0.1, 0.15) is 0 Å². The number of nitrogens with one attached hydrogen (secondary N) is 1. The Hall–Kier alpha value is -1.72. The van der Waals surface area contributed by atoms with Gasteiger partial charge in [0.05, 0.1) is 22.2 Å². The number of thioether (sulfide) groups is 1. The average molecular weight is 322 g/mol. The van der Waals surface area contributed by atoms with Crippen LogP contribution in [0.25, 0.3) is 0 Å². The molecule has 0 atom stereocenters. The molecule has 110 valence electrons. The maximum atomic E-state index is 12.0. The van der Waals surface area contributed by atoms with Crippen LogP contribution in [0.2, 0.25) is 5.02 Å². The van der Waals surface area contributed by atoms with Gasteiger partial charge in [0.25, 0.3) is 0 Å². The molecule has 1 aromatic heterocycles. The first-order chi connectivity index (χ1) is 9.94. The first-order valence-electron chi connectivity index (χ1n) is 6.37. The molecule has 0 aliphatic carbocycles. The third-order valence-electron chi connectivity index (χ3n) is 2.71. The Labute approximate surface area is 133 Å². The van der Waals surface area contributed by atoms with Crippen LogP contribution in [0.15, 0.2) is 35.4 Å². The third-order valence-corrected chi connectivity index (χ3v) is 3.86. The number of amides is 1. The number of aryl methyl sites for hydroxylation is 2. The van der Waals surface area contributed by atoms with Gasteiger partial charge in [-0.25, -0.2) is 4.98 Å². The number of pyridine rings is 1. The van der Waals surface area contributed by atoms with Crippen molar-refractivity contribution in [2.45, 2.75) is 18.9 Å². The Balaban J connectivity index is 1.97. The van der Waals surface area contributed by atoms with Crippen LogP contribution in [0.5, 0.6) is 0 Å². The summed E-state index contributed by atoms with van der Waals surface area (Å²) in [6.45, 7) is 3.94. The van der Waals surface area contributed by atoms with Crippen molar-refractivity contribution in [1.82, 2.24) is 4.98 Å². The van der Waals surface area contributed by atoms with E-state index in [4.69, 9.17) is 17.3 Å². The highest BCUT2D eigenvalue weighted by molar-refractivity contribution is 7.99. The van der Waals surface area contributed by atoms with Gasteiger partial charge < -0.3 is 11.1 Å². The summed E-state index contributed by atoms with van der Waals surface area (Å²) in [5.41, 5.74) is 8.88. The monoisotopic (exact) mass is 321 g/mol. The van der Waals surface area contributed by atoms with Crippen LogP contribution in [0.1, 0.15) is 11.3 Å². The predicted molar refractivity (Wildman–Crippen MR) is 88.9 cm³/mol. The standard InChI is InChI=1S/C15H16ClN3OS/c1-9-5-10(2)18-15(6-9)21-8-14(20)19-13-7-11(16)3-4-12(13)17/h3-7H,8,17H2,1-2H3,(H,19,20). The Bertz CT molecular complexity index is 656. The number of rotatable bonds is 4. The minimum atomic E-state index is -0.144. The molecule has 0 bridgehead atoms. The molecule has 0 aliphatic heterocycles. The second kappa shape index (κ2) is 6.83. The molecule has 1 heterocycles. The highest BCUT2D eigenvalue weighted by Crippen LogP contribution is 2.24. The highest BCUT2D eigenvalue weighted by Gasteiger charge is 2.08. The fraction of sp³-hybridized carbons (Fsp3) is 0.200. The molecule has 4 nitrogen and oxygen atoms in total. The normalized spacial score (nSPS) is 10.4. The van der Waals surface area contributed by atoms with Gasteiger partial charge in [-0.15, -0.1) is 0 Å². The molecule has 1 aromatic carbocycles. The zero-order valence-corrected chi connectivity index (χ0v) is 13.4. The van der Waals surface area contributed by atoms with Crippen LogP contribution < -0.4 is 11.1 Å². The molecular formula is C15H16ClN3OS. The van der Waals surface area contributed by atoms with Crippen LogP contribution in [0.4, 0.5) is 11.4 Å². The lowest BCUT2D eigenvalue weighted by molar-refractivity contribution is -0.113. The lowest BCUT2D eigenvalue weighted by Crippen LogP contribution is -2.15. The molecule has 0 fully saturated rings. The van der Waals surface area contributed by atoms with Gasteiger partial charge >= 0.3 is 0 Å². The molecule has 0 saturated carbocycles. The van der Waals surface area contributed by atoms with Gasteiger partial charge in [0.15, 0.2) is 0 Å².